The highest BCUT2D eigenvalue weighted by molar-refractivity contribution is 5.03. The number of hydrogen-bond acceptors (Lipinski definition) is 1. The highest BCUT2D eigenvalue weighted by Gasteiger charge is 2.06. The molecule has 0 aliphatic carbocycles. The number of hydrogen-bond donors (Lipinski definition) is 1. The molecule has 0 aliphatic heterocycles. The Morgan fingerprint density at radius 3 is 2.33 bits per heavy atom. The van der Waals surface area contributed by atoms with Gasteiger partial charge in [-0.3, -0.25) is 0 Å². The molecule has 0 spiro atoms. The fraction of sp³-hybridized carbons (Fsp3) is 0.818. The van der Waals surface area contributed by atoms with Crippen LogP contribution < -0.4 is 0 Å². The van der Waals surface area contributed by atoms with E-state index < -0.39 is 0 Å². The molecule has 1 unspecified atom stereocenters. The predicted octanol–water partition coefficient (Wildman–Crippen LogP) is 3.14. The van der Waals surface area contributed by atoms with Gasteiger partial charge in [0.2, 0.25) is 0 Å². The first-order valence-corrected chi connectivity index (χ1v) is 4.92. The van der Waals surface area contributed by atoms with E-state index in [1.807, 2.05) is 6.92 Å². The molecule has 12 heavy (non-hydrogen) atoms. The first-order chi connectivity index (χ1) is 5.57. The van der Waals surface area contributed by atoms with E-state index in [-0.39, 0.29) is 6.10 Å². The minimum atomic E-state index is -0.215. The largest absolute Gasteiger partial charge is 0.389 e. The number of aliphatic hydroxyl groups excluding tert-OH is 1. The van der Waals surface area contributed by atoms with E-state index in [2.05, 4.69) is 26.8 Å². The van der Waals surface area contributed by atoms with Crippen molar-refractivity contribution < 1.29 is 5.11 Å². The van der Waals surface area contributed by atoms with Crippen LogP contribution in [0.2, 0.25) is 0 Å². The fourth-order valence-electron chi connectivity index (χ4n) is 1.18. The summed E-state index contributed by atoms with van der Waals surface area (Å²) in [7, 11) is 0. The summed E-state index contributed by atoms with van der Waals surface area (Å²) in [5.41, 5.74) is 1.12. The van der Waals surface area contributed by atoms with Gasteiger partial charge in [0.05, 0.1) is 6.10 Å². The van der Waals surface area contributed by atoms with Crippen LogP contribution in [0, 0.1) is 5.92 Å². The standard InChI is InChI=1S/C11H22O/c1-5-6-10(4)11(12)8-7-9(2)3/h6,9,11-12H,5,7-8H2,1-4H3/b10-6+. The number of aliphatic hydroxyl groups is 1. The molecular weight excluding hydrogens is 148 g/mol. The lowest BCUT2D eigenvalue weighted by molar-refractivity contribution is 0.191. The normalized spacial score (nSPS) is 15.3. The Balaban J connectivity index is 3.71. The Morgan fingerprint density at radius 1 is 1.33 bits per heavy atom. The maximum atomic E-state index is 9.63. The minimum Gasteiger partial charge on any atom is -0.389 e. The summed E-state index contributed by atoms with van der Waals surface area (Å²) in [4.78, 5) is 0. The summed E-state index contributed by atoms with van der Waals surface area (Å²) >= 11 is 0. The average Bonchev–Trinajstić information content (AvgIpc) is 2.00. The van der Waals surface area contributed by atoms with E-state index in [9.17, 15) is 5.11 Å². The van der Waals surface area contributed by atoms with Gasteiger partial charge in [-0.15, -0.1) is 0 Å². The van der Waals surface area contributed by atoms with Crippen molar-refractivity contribution in [1.29, 1.82) is 0 Å². The Morgan fingerprint density at radius 2 is 1.92 bits per heavy atom. The maximum Gasteiger partial charge on any atom is 0.0747 e. The van der Waals surface area contributed by atoms with Crippen LogP contribution in [-0.2, 0) is 0 Å². The van der Waals surface area contributed by atoms with E-state index in [4.69, 9.17) is 0 Å². The molecule has 0 amide bonds. The molecule has 0 saturated heterocycles. The topological polar surface area (TPSA) is 20.2 Å². The lowest BCUT2D eigenvalue weighted by Gasteiger charge is -2.12. The van der Waals surface area contributed by atoms with Crippen molar-refractivity contribution >= 4 is 0 Å². The summed E-state index contributed by atoms with van der Waals surface area (Å²) in [5, 5.41) is 9.63. The van der Waals surface area contributed by atoms with E-state index in [1.165, 1.54) is 0 Å². The molecule has 0 saturated carbocycles. The van der Waals surface area contributed by atoms with Crippen molar-refractivity contribution in [2.45, 2.75) is 53.1 Å². The Bertz CT molecular complexity index is 136. The lowest BCUT2D eigenvalue weighted by Crippen LogP contribution is -2.09. The van der Waals surface area contributed by atoms with Gasteiger partial charge in [0.15, 0.2) is 0 Å². The third-order valence-electron chi connectivity index (χ3n) is 2.07. The summed E-state index contributed by atoms with van der Waals surface area (Å²) < 4.78 is 0. The summed E-state index contributed by atoms with van der Waals surface area (Å²) in [5.74, 6) is 0.689. The molecule has 1 atom stereocenters. The molecule has 0 aromatic rings. The van der Waals surface area contributed by atoms with Crippen LogP contribution in [-0.4, -0.2) is 11.2 Å². The van der Waals surface area contributed by atoms with Crippen LogP contribution in [0.3, 0.4) is 0 Å². The zero-order valence-corrected chi connectivity index (χ0v) is 8.80. The molecule has 1 N–H and O–H groups in total. The maximum absolute atomic E-state index is 9.63. The molecule has 0 fully saturated rings. The Labute approximate surface area is 76.5 Å². The van der Waals surface area contributed by atoms with Crippen LogP contribution in [0.4, 0.5) is 0 Å². The van der Waals surface area contributed by atoms with Gasteiger partial charge in [-0.2, -0.15) is 0 Å². The van der Waals surface area contributed by atoms with Gasteiger partial charge < -0.3 is 5.11 Å². The Kier molecular flexibility index (Phi) is 6.09. The zero-order chi connectivity index (χ0) is 9.56. The van der Waals surface area contributed by atoms with E-state index in [0.717, 1.165) is 24.8 Å². The smallest absolute Gasteiger partial charge is 0.0747 e. The number of allylic oxidation sites excluding steroid dienone is 1. The van der Waals surface area contributed by atoms with Gasteiger partial charge in [-0.1, -0.05) is 26.8 Å². The molecule has 1 heteroatoms. The molecule has 72 valence electrons. The molecular formula is C11H22O. The summed E-state index contributed by atoms with van der Waals surface area (Å²) in [6, 6.07) is 0. The van der Waals surface area contributed by atoms with Gasteiger partial charge in [0.25, 0.3) is 0 Å². The van der Waals surface area contributed by atoms with Crippen molar-refractivity contribution in [3.63, 3.8) is 0 Å². The van der Waals surface area contributed by atoms with Crippen molar-refractivity contribution in [2.24, 2.45) is 5.92 Å². The SMILES string of the molecule is CC/C=C(\C)C(O)CCC(C)C. The third kappa shape index (κ3) is 5.36. The summed E-state index contributed by atoms with van der Waals surface area (Å²) in [6.07, 6.45) is 4.92. The summed E-state index contributed by atoms with van der Waals surface area (Å²) in [6.45, 7) is 8.48. The van der Waals surface area contributed by atoms with Gasteiger partial charge in [0.1, 0.15) is 0 Å². The van der Waals surface area contributed by atoms with Crippen molar-refractivity contribution in [2.75, 3.05) is 0 Å². The van der Waals surface area contributed by atoms with Crippen molar-refractivity contribution in [1.82, 2.24) is 0 Å². The third-order valence-corrected chi connectivity index (χ3v) is 2.07. The Hall–Kier alpha value is -0.300. The quantitative estimate of drug-likeness (QED) is 0.628. The molecule has 0 aromatic heterocycles. The molecule has 0 aromatic carbocycles. The zero-order valence-electron chi connectivity index (χ0n) is 8.80. The van der Waals surface area contributed by atoms with Crippen molar-refractivity contribution in [3.8, 4) is 0 Å². The van der Waals surface area contributed by atoms with Crippen LogP contribution in [0.5, 0.6) is 0 Å². The van der Waals surface area contributed by atoms with Gasteiger partial charge in [-0.05, 0) is 37.7 Å². The predicted molar refractivity (Wildman–Crippen MR) is 54.1 cm³/mol. The molecule has 1 nitrogen and oxygen atoms in total. The van der Waals surface area contributed by atoms with E-state index >= 15 is 0 Å². The van der Waals surface area contributed by atoms with Gasteiger partial charge >= 0.3 is 0 Å². The van der Waals surface area contributed by atoms with Crippen LogP contribution in [0.15, 0.2) is 11.6 Å². The molecule has 0 aliphatic rings. The van der Waals surface area contributed by atoms with E-state index in [1.54, 1.807) is 0 Å². The minimum absolute atomic E-state index is 0.215. The second-order valence-corrected chi connectivity index (χ2v) is 3.84. The molecule has 0 rings (SSSR count). The molecule has 0 heterocycles. The second-order valence-electron chi connectivity index (χ2n) is 3.84. The fourth-order valence-corrected chi connectivity index (χ4v) is 1.18. The average molecular weight is 170 g/mol. The molecule has 0 bridgehead atoms. The highest BCUT2D eigenvalue weighted by atomic mass is 16.3. The molecule has 0 radical (unpaired) electrons. The lowest BCUT2D eigenvalue weighted by atomic mass is 10.0. The van der Waals surface area contributed by atoms with Crippen molar-refractivity contribution in [3.05, 3.63) is 11.6 Å². The monoisotopic (exact) mass is 170 g/mol. The van der Waals surface area contributed by atoms with Crippen LogP contribution >= 0.6 is 0 Å². The van der Waals surface area contributed by atoms with Gasteiger partial charge in [-0.25, -0.2) is 0 Å². The first kappa shape index (κ1) is 11.7. The second kappa shape index (κ2) is 6.24. The first-order valence-electron chi connectivity index (χ1n) is 4.92. The highest BCUT2D eigenvalue weighted by Crippen LogP contribution is 2.12. The van der Waals surface area contributed by atoms with E-state index in [0.29, 0.717) is 5.92 Å². The van der Waals surface area contributed by atoms with Crippen LogP contribution in [0.25, 0.3) is 0 Å². The van der Waals surface area contributed by atoms with Crippen LogP contribution in [0.1, 0.15) is 47.0 Å². The number of rotatable bonds is 5. The van der Waals surface area contributed by atoms with Gasteiger partial charge in [0, 0.05) is 0 Å².